The van der Waals surface area contributed by atoms with Crippen LogP contribution in [0.2, 0.25) is 5.22 Å². The van der Waals surface area contributed by atoms with Gasteiger partial charge < -0.3 is 9.73 Å². The number of carbonyl (C=O) groups excluding carboxylic acids is 1. The Balaban J connectivity index is 1.96. The van der Waals surface area contributed by atoms with Crippen molar-refractivity contribution in [2.45, 2.75) is 13.5 Å². The molecule has 0 aliphatic carbocycles. The standard InChI is InChI=1S/C10H9ClN2O2S/c1-6-13-7(5-16-6)4-12-10(14)8-2-3-15-9(8)11/h2-3,5H,4H2,1H3,(H,12,14). The van der Waals surface area contributed by atoms with Crippen LogP contribution < -0.4 is 5.32 Å². The molecule has 0 aromatic carbocycles. The van der Waals surface area contributed by atoms with Crippen molar-refractivity contribution in [3.05, 3.63) is 39.2 Å². The van der Waals surface area contributed by atoms with Gasteiger partial charge >= 0.3 is 0 Å². The lowest BCUT2D eigenvalue weighted by molar-refractivity contribution is 0.0950. The van der Waals surface area contributed by atoms with Gasteiger partial charge in [-0.15, -0.1) is 11.3 Å². The molecule has 4 nitrogen and oxygen atoms in total. The molecule has 0 bridgehead atoms. The molecule has 16 heavy (non-hydrogen) atoms. The van der Waals surface area contributed by atoms with E-state index in [1.165, 1.54) is 12.3 Å². The van der Waals surface area contributed by atoms with Crippen LogP contribution in [-0.4, -0.2) is 10.9 Å². The third kappa shape index (κ3) is 2.43. The topological polar surface area (TPSA) is 55.1 Å². The van der Waals surface area contributed by atoms with Crippen LogP contribution in [0.25, 0.3) is 0 Å². The summed E-state index contributed by atoms with van der Waals surface area (Å²) >= 11 is 7.23. The Kier molecular flexibility index (Phi) is 3.26. The average Bonchev–Trinajstić information content (AvgIpc) is 2.84. The van der Waals surface area contributed by atoms with Crippen molar-refractivity contribution in [3.8, 4) is 0 Å². The first-order valence-electron chi connectivity index (χ1n) is 4.59. The monoisotopic (exact) mass is 256 g/mol. The van der Waals surface area contributed by atoms with E-state index in [1.54, 1.807) is 11.3 Å². The number of aryl methyl sites for hydroxylation is 1. The molecule has 6 heteroatoms. The molecule has 0 spiro atoms. The van der Waals surface area contributed by atoms with E-state index in [4.69, 9.17) is 16.0 Å². The zero-order valence-electron chi connectivity index (χ0n) is 8.49. The van der Waals surface area contributed by atoms with E-state index < -0.39 is 0 Å². The number of hydrogen-bond donors (Lipinski definition) is 1. The molecule has 0 radical (unpaired) electrons. The van der Waals surface area contributed by atoms with Gasteiger partial charge in [0.1, 0.15) is 0 Å². The lowest BCUT2D eigenvalue weighted by Crippen LogP contribution is -2.22. The average molecular weight is 257 g/mol. The number of thiazole rings is 1. The van der Waals surface area contributed by atoms with Crippen molar-refractivity contribution in [1.29, 1.82) is 0 Å². The second-order valence-corrected chi connectivity index (χ2v) is 4.55. The van der Waals surface area contributed by atoms with Crippen LogP contribution in [0, 0.1) is 6.92 Å². The van der Waals surface area contributed by atoms with Gasteiger partial charge in [-0.2, -0.15) is 0 Å². The maximum absolute atomic E-state index is 11.6. The molecule has 0 aliphatic heterocycles. The normalized spacial score (nSPS) is 10.4. The quantitative estimate of drug-likeness (QED) is 0.919. The summed E-state index contributed by atoms with van der Waals surface area (Å²) in [6.45, 7) is 2.31. The first kappa shape index (κ1) is 11.2. The summed E-state index contributed by atoms with van der Waals surface area (Å²) in [4.78, 5) is 15.9. The predicted octanol–water partition coefficient (Wildman–Crippen LogP) is 2.63. The van der Waals surface area contributed by atoms with Crippen molar-refractivity contribution in [3.63, 3.8) is 0 Å². The number of hydrogen-bond acceptors (Lipinski definition) is 4. The Labute approximate surface area is 101 Å². The molecule has 0 fully saturated rings. The third-order valence-electron chi connectivity index (χ3n) is 1.96. The van der Waals surface area contributed by atoms with Crippen molar-refractivity contribution in [1.82, 2.24) is 10.3 Å². The number of halogens is 1. The number of nitrogens with one attached hydrogen (secondary N) is 1. The highest BCUT2D eigenvalue weighted by Crippen LogP contribution is 2.16. The van der Waals surface area contributed by atoms with Crippen molar-refractivity contribution in [2.24, 2.45) is 0 Å². The zero-order chi connectivity index (χ0) is 11.5. The van der Waals surface area contributed by atoms with E-state index in [0.29, 0.717) is 12.1 Å². The third-order valence-corrected chi connectivity index (χ3v) is 3.07. The van der Waals surface area contributed by atoms with Gasteiger partial charge in [-0.05, 0) is 24.6 Å². The second-order valence-electron chi connectivity index (χ2n) is 3.15. The Morgan fingerprint density at radius 1 is 1.69 bits per heavy atom. The lowest BCUT2D eigenvalue weighted by Gasteiger charge is -2.00. The maximum atomic E-state index is 11.6. The van der Waals surface area contributed by atoms with E-state index in [2.05, 4.69) is 10.3 Å². The number of amides is 1. The summed E-state index contributed by atoms with van der Waals surface area (Å²) in [5.41, 5.74) is 1.18. The smallest absolute Gasteiger partial charge is 0.256 e. The minimum atomic E-state index is -0.260. The van der Waals surface area contributed by atoms with Gasteiger partial charge in [-0.25, -0.2) is 4.98 Å². The highest BCUT2D eigenvalue weighted by Gasteiger charge is 2.12. The Morgan fingerprint density at radius 3 is 3.06 bits per heavy atom. The molecular weight excluding hydrogens is 248 g/mol. The summed E-state index contributed by atoms with van der Waals surface area (Å²) in [6, 6.07) is 1.53. The van der Waals surface area contributed by atoms with E-state index in [1.807, 2.05) is 12.3 Å². The van der Waals surface area contributed by atoms with Gasteiger partial charge in [0.15, 0.2) is 0 Å². The van der Waals surface area contributed by atoms with Crippen LogP contribution in [0.3, 0.4) is 0 Å². The van der Waals surface area contributed by atoms with Crippen molar-refractivity contribution in [2.75, 3.05) is 0 Å². The van der Waals surface area contributed by atoms with Gasteiger partial charge in [-0.1, -0.05) is 0 Å². The van der Waals surface area contributed by atoms with Crippen LogP contribution in [0.1, 0.15) is 21.1 Å². The number of rotatable bonds is 3. The molecular formula is C10H9ClN2O2S. The summed E-state index contributed by atoms with van der Waals surface area (Å²) in [7, 11) is 0. The largest absolute Gasteiger partial charge is 0.452 e. The predicted molar refractivity (Wildman–Crippen MR) is 61.7 cm³/mol. The van der Waals surface area contributed by atoms with E-state index in [0.717, 1.165) is 10.7 Å². The lowest BCUT2D eigenvalue weighted by atomic mass is 10.3. The van der Waals surface area contributed by atoms with Crippen LogP contribution in [-0.2, 0) is 6.54 Å². The highest BCUT2D eigenvalue weighted by atomic mass is 35.5. The first-order valence-corrected chi connectivity index (χ1v) is 5.85. The van der Waals surface area contributed by atoms with Crippen molar-refractivity contribution >= 4 is 28.8 Å². The Morgan fingerprint density at radius 2 is 2.50 bits per heavy atom. The molecule has 0 unspecified atom stereocenters. The Bertz CT molecular complexity index is 506. The number of furan rings is 1. The molecule has 2 rings (SSSR count). The van der Waals surface area contributed by atoms with Gasteiger partial charge in [0, 0.05) is 5.38 Å². The molecule has 1 N–H and O–H groups in total. The summed E-state index contributed by atoms with van der Waals surface area (Å²) in [6.07, 6.45) is 1.38. The molecule has 2 aromatic rings. The van der Waals surface area contributed by atoms with Gasteiger partial charge in [0.25, 0.3) is 5.91 Å². The van der Waals surface area contributed by atoms with Crippen LogP contribution in [0.15, 0.2) is 22.1 Å². The number of aromatic nitrogens is 1. The first-order chi connectivity index (χ1) is 7.66. The molecule has 2 heterocycles. The second kappa shape index (κ2) is 4.67. The zero-order valence-corrected chi connectivity index (χ0v) is 10.1. The molecule has 2 aromatic heterocycles. The SMILES string of the molecule is Cc1nc(CNC(=O)c2ccoc2Cl)cs1. The fourth-order valence-corrected chi connectivity index (χ4v) is 2.02. The molecule has 84 valence electrons. The van der Waals surface area contributed by atoms with E-state index >= 15 is 0 Å². The van der Waals surface area contributed by atoms with Crippen molar-refractivity contribution < 1.29 is 9.21 Å². The number of carbonyl (C=O) groups is 1. The minimum Gasteiger partial charge on any atom is -0.452 e. The Hall–Kier alpha value is -1.33. The molecule has 1 amide bonds. The van der Waals surface area contributed by atoms with Gasteiger partial charge in [-0.3, -0.25) is 4.79 Å². The summed E-state index contributed by atoms with van der Waals surface area (Å²) < 4.78 is 4.83. The van der Waals surface area contributed by atoms with E-state index in [-0.39, 0.29) is 11.1 Å². The fraction of sp³-hybridized carbons (Fsp3) is 0.200. The van der Waals surface area contributed by atoms with Crippen LogP contribution in [0.5, 0.6) is 0 Å². The number of nitrogens with zero attached hydrogens (tertiary/aromatic N) is 1. The van der Waals surface area contributed by atoms with Crippen LogP contribution >= 0.6 is 22.9 Å². The molecule has 0 saturated heterocycles. The minimum absolute atomic E-state index is 0.104. The summed E-state index contributed by atoms with van der Waals surface area (Å²) in [5.74, 6) is -0.260. The molecule has 0 atom stereocenters. The van der Waals surface area contributed by atoms with Gasteiger partial charge in [0.2, 0.25) is 5.22 Å². The molecule has 0 saturated carbocycles. The maximum Gasteiger partial charge on any atom is 0.256 e. The molecule has 0 aliphatic rings. The fourth-order valence-electron chi connectivity index (χ4n) is 1.21. The van der Waals surface area contributed by atoms with Gasteiger partial charge in [0.05, 0.1) is 29.1 Å². The van der Waals surface area contributed by atoms with E-state index in [9.17, 15) is 4.79 Å². The highest BCUT2D eigenvalue weighted by molar-refractivity contribution is 7.09. The summed E-state index contributed by atoms with van der Waals surface area (Å²) in [5, 5.41) is 5.71. The van der Waals surface area contributed by atoms with Crippen LogP contribution in [0.4, 0.5) is 0 Å².